The monoisotopic (exact) mass is 250 g/mol. The van der Waals surface area contributed by atoms with Crippen LogP contribution < -0.4 is 15.4 Å². The number of methoxy groups -OCH3 is 1. The maximum absolute atomic E-state index is 5.32. The van der Waals surface area contributed by atoms with E-state index in [1.807, 2.05) is 0 Å². The molecule has 18 heavy (non-hydrogen) atoms. The van der Waals surface area contributed by atoms with E-state index in [1.54, 1.807) is 7.11 Å². The summed E-state index contributed by atoms with van der Waals surface area (Å²) in [6.45, 7) is 9.42. The minimum Gasteiger partial charge on any atom is -0.496 e. The van der Waals surface area contributed by atoms with Crippen LogP contribution in [0, 0.1) is 6.92 Å². The molecule has 0 saturated heterocycles. The zero-order chi connectivity index (χ0) is 13.4. The molecule has 0 aliphatic carbocycles. The molecule has 3 nitrogen and oxygen atoms in total. The second kappa shape index (κ2) is 8.11. The van der Waals surface area contributed by atoms with Crippen molar-refractivity contribution in [3.8, 4) is 5.75 Å². The summed E-state index contributed by atoms with van der Waals surface area (Å²) < 4.78 is 5.32. The van der Waals surface area contributed by atoms with Gasteiger partial charge in [0.15, 0.2) is 0 Å². The van der Waals surface area contributed by atoms with Gasteiger partial charge in [-0.25, -0.2) is 0 Å². The smallest absolute Gasteiger partial charge is 0.122 e. The van der Waals surface area contributed by atoms with Crippen molar-refractivity contribution in [2.24, 2.45) is 0 Å². The zero-order valence-electron chi connectivity index (χ0n) is 12.0. The fraction of sp³-hybridized carbons (Fsp3) is 0.600. The van der Waals surface area contributed by atoms with Crippen LogP contribution in [0.1, 0.15) is 31.4 Å². The van der Waals surface area contributed by atoms with Crippen LogP contribution in [0.2, 0.25) is 0 Å². The number of nitrogens with one attached hydrogen (secondary N) is 2. The summed E-state index contributed by atoms with van der Waals surface area (Å²) in [5.74, 6) is 0.968. The lowest BCUT2D eigenvalue weighted by Gasteiger charge is -2.10. The SMILES string of the molecule is COc1cc(CNCCCNC(C)C)ccc1C. The Labute approximate surface area is 111 Å². The Morgan fingerprint density at radius 2 is 2.00 bits per heavy atom. The first-order valence-corrected chi connectivity index (χ1v) is 6.71. The molecular formula is C15H26N2O. The second-order valence-corrected chi connectivity index (χ2v) is 4.94. The van der Waals surface area contributed by atoms with Crippen molar-refractivity contribution in [3.63, 3.8) is 0 Å². The molecule has 1 aromatic rings. The van der Waals surface area contributed by atoms with E-state index < -0.39 is 0 Å². The van der Waals surface area contributed by atoms with Crippen LogP contribution in [0.5, 0.6) is 5.75 Å². The predicted octanol–water partition coefficient (Wildman–Crippen LogP) is 2.48. The Kier molecular flexibility index (Phi) is 6.76. The van der Waals surface area contributed by atoms with Crippen LogP contribution in [0.4, 0.5) is 0 Å². The highest BCUT2D eigenvalue weighted by Gasteiger charge is 2.00. The standard InChI is InChI=1S/C15H26N2O/c1-12(2)17-9-5-8-16-11-14-7-6-13(3)15(10-14)18-4/h6-7,10,12,16-17H,5,8-9,11H2,1-4H3. The summed E-state index contributed by atoms with van der Waals surface area (Å²) >= 11 is 0. The molecule has 3 heteroatoms. The first-order valence-electron chi connectivity index (χ1n) is 6.71. The van der Waals surface area contributed by atoms with E-state index in [0.29, 0.717) is 6.04 Å². The molecule has 0 aromatic heterocycles. The first kappa shape index (κ1) is 15.0. The molecule has 0 aliphatic heterocycles. The van der Waals surface area contributed by atoms with Gasteiger partial charge in [0.1, 0.15) is 5.75 Å². The molecule has 0 spiro atoms. The van der Waals surface area contributed by atoms with Crippen molar-refractivity contribution < 1.29 is 4.74 Å². The third-order valence-corrected chi connectivity index (χ3v) is 2.88. The van der Waals surface area contributed by atoms with E-state index in [4.69, 9.17) is 4.74 Å². The zero-order valence-corrected chi connectivity index (χ0v) is 12.0. The van der Waals surface area contributed by atoms with Crippen molar-refractivity contribution in [1.82, 2.24) is 10.6 Å². The fourth-order valence-corrected chi connectivity index (χ4v) is 1.81. The van der Waals surface area contributed by atoms with E-state index in [0.717, 1.165) is 31.8 Å². The summed E-state index contributed by atoms with van der Waals surface area (Å²) in [4.78, 5) is 0. The summed E-state index contributed by atoms with van der Waals surface area (Å²) in [6.07, 6.45) is 1.15. The van der Waals surface area contributed by atoms with Crippen molar-refractivity contribution in [1.29, 1.82) is 0 Å². The summed E-state index contributed by atoms with van der Waals surface area (Å²) in [5.41, 5.74) is 2.46. The van der Waals surface area contributed by atoms with Gasteiger partial charge in [-0.1, -0.05) is 26.0 Å². The lowest BCUT2D eigenvalue weighted by atomic mass is 10.1. The van der Waals surface area contributed by atoms with Gasteiger partial charge < -0.3 is 15.4 Å². The van der Waals surface area contributed by atoms with Gasteiger partial charge >= 0.3 is 0 Å². The second-order valence-electron chi connectivity index (χ2n) is 4.94. The molecule has 0 aliphatic rings. The maximum atomic E-state index is 5.32. The highest BCUT2D eigenvalue weighted by atomic mass is 16.5. The average molecular weight is 250 g/mol. The topological polar surface area (TPSA) is 33.3 Å². The number of benzene rings is 1. The van der Waals surface area contributed by atoms with Crippen LogP contribution in [0.25, 0.3) is 0 Å². The van der Waals surface area contributed by atoms with Gasteiger partial charge in [0, 0.05) is 12.6 Å². The predicted molar refractivity (Wildman–Crippen MR) is 77.2 cm³/mol. The normalized spacial score (nSPS) is 10.9. The Morgan fingerprint density at radius 1 is 1.22 bits per heavy atom. The van der Waals surface area contributed by atoms with Crippen molar-refractivity contribution in [2.75, 3.05) is 20.2 Å². The van der Waals surface area contributed by atoms with E-state index in [-0.39, 0.29) is 0 Å². The fourth-order valence-electron chi connectivity index (χ4n) is 1.81. The molecule has 0 radical (unpaired) electrons. The first-order chi connectivity index (χ1) is 8.63. The van der Waals surface area contributed by atoms with Crippen LogP contribution in [-0.2, 0) is 6.54 Å². The van der Waals surface area contributed by atoms with Crippen molar-refractivity contribution in [2.45, 2.75) is 39.8 Å². The van der Waals surface area contributed by atoms with Crippen molar-refractivity contribution in [3.05, 3.63) is 29.3 Å². The molecular weight excluding hydrogens is 224 g/mol. The molecule has 1 aromatic carbocycles. The summed E-state index contributed by atoms with van der Waals surface area (Å²) in [6, 6.07) is 6.94. The van der Waals surface area contributed by atoms with E-state index in [1.165, 1.54) is 11.1 Å². The molecule has 0 atom stereocenters. The number of ether oxygens (including phenoxy) is 1. The average Bonchev–Trinajstić information content (AvgIpc) is 2.35. The van der Waals surface area contributed by atoms with Gasteiger partial charge in [-0.2, -0.15) is 0 Å². The number of rotatable bonds is 8. The minimum atomic E-state index is 0.575. The molecule has 1 rings (SSSR count). The number of aryl methyl sites for hydroxylation is 1. The van der Waals surface area contributed by atoms with Gasteiger partial charge in [0.2, 0.25) is 0 Å². The third kappa shape index (κ3) is 5.52. The van der Waals surface area contributed by atoms with Gasteiger partial charge in [-0.15, -0.1) is 0 Å². The maximum Gasteiger partial charge on any atom is 0.122 e. The van der Waals surface area contributed by atoms with Crippen molar-refractivity contribution >= 4 is 0 Å². The van der Waals surface area contributed by atoms with Gasteiger partial charge in [-0.05, 0) is 43.6 Å². The molecule has 0 unspecified atom stereocenters. The molecule has 2 N–H and O–H groups in total. The molecule has 0 heterocycles. The van der Waals surface area contributed by atoms with Gasteiger partial charge in [0.25, 0.3) is 0 Å². The van der Waals surface area contributed by atoms with E-state index in [2.05, 4.69) is 49.6 Å². The highest BCUT2D eigenvalue weighted by Crippen LogP contribution is 2.18. The third-order valence-electron chi connectivity index (χ3n) is 2.88. The molecule has 102 valence electrons. The van der Waals surface area contributed by atoms with Gasteiger partial charge in [0.05, 0.1) is 7.11 Å². The molecule has 0 fully saturated rings. The lowest BCUT2D eigenvalue weighted by Crippen LogP contribution is -2.26. The largest absolute Gasteiger partial charge is 0.496 e. The Bertz CT molecular complexity index is 350. The van der Waals surface area contributed by atoms with Crippen LogP contribution in [0.15, 0.2) is 18.2 Å². The Balaban J connectivity index is 2.23. The summed E-state index contributed by atoms with van der Waals surface area (Å²) in [5, 5.41) is 6.86. The quantitative estimate of drug-likeness (QED) is 0.695. The molecule has 0 amide bonds. The molecule has 0 bridgehead atoms. The molecule has 0 saturated carbocycles. The van der Waals surface area contributed by atoms with E-state index >= 15 is 0 Å². The van der Waals surface area contributed by atoms with E-state index in [9.17, 15) is 0 Å². The summed E-state index contributed by atoms with van der Waals surface area (Å²) in [7, 11) is 1.72. The Morgan fingerprint density at radius 3 is 2.67 bits per heavy atom. The minimum absolute atomic E-state index is 0.575. The van der Waals surface area contributed by atoms with Gasteiger partial charge in [-0.3, -0.25) is 0 Å². The highest BCUT2D eigenvalue weighted by molar-refractivity contribution is 5.36. The number of hydrogen-bond donors (Lipinski definition) is 2. The number of hydrogen-bond acceptors (Lipinski definition) is 3. The van der Waals surface area contributed by atoms with Crippen LogP contribution in [0.3, 0.4) is 0 Å². The lowest BCUT2D eigenvalue weighted by molar-refractivity contribution is 0.411. The Hall–Kier alpha value is -1.06. The van der Waals surface area contributed by atoms with Crippen LogP contribution in [-0.4, -0.2) is 26.2 Å². The van der Waals surface area contributed by atoms with Crippen LogP contribution >= 0.6 is 0 Å².